The third kappa shape index (κ3) is 3.44. The topological polar surface area (TPSA) is 83.1 Å². The number of amides is 3. The van der Waals surface area contributed by atoms with Gasteiger partial charge in [0.1, 0.15) is 0 Å². The number of carbonyl (C=O) groups is 2. The molecule has 0 saturated heterocycles. The van der Waals surface area contributed by atoms with Gasteiger partial charge >= 0.3 is 6.03 Å². The molecular formula is C17H14N4O2. The first kappa shape index (κ1) is 14.5. The van der Waals surface area contributed by atoms with Crippen molar-refractivity contribution in [1.29, 1.82) is 0 Å². The van der Waals surface area contributed by atoms with E-state index >= 15 is 0 Å². The number of carbonyl (C=O) groups excluding carboxylic acids is 2. The number of para-hydroxylation sites is 1. The number of fused-ring (bicyclic) bond motifs is 1. The lowest BCUT2D eigenvalue weighted by molar-refractivity contribution is -0.105. The number of urea groups is 1. The highest BCUT2D eigenvalue weighted by Gasteiger charge is 2.06. The van der Waals surface area contributed by atoms with E-state index in [9.17, 15) is 9.59 Å². The molecule has 1 aromatic heterocycles. The molecule has 3 amide bonds. The summed E-state index contributed by atoms with van der Waals surface area (Å²) in [5.74, 6) is 0. The maximum Gasteiger partial charge on any atom is 0.323 e. The number of benzene rings is 2. The number of hydrogen-bond donors (Lipinski definition) is 3. The second-order valence-electron chi connectivity index (χ2n) is 4.79. The molecule has 114 valence electrons. The maximum atomic E-state index is 12.1. The predicted octanol–water partition coefficient (Wildman–Crippen LogP) is 3.45. The molecule has 23 heavy (non-hydrogen) atoms. The number of aromatic nitrogens is 1. The molecule has 6 heteroatoms. The molecule has 0 saturated carbocycles. The van der Waals surface area contributed by atoms with Crippen molar-refractivity contribution >= 4 is 40.4 Å². The van der Waals surface area contributed by atoms with Crippen molar-refractivity contribution in [3.8, 4) is 0 Å². The highest BCUT2D eigenvalue weighted by atomic mass is 16.2. The average Bonchev–Trinajstić information content (AvgIpc) is 2.57. The Hall–Kier alpha value is -3.41. The van der Waals surface area contributed by atoms with E-state index in [0.717, 1.165) is 10.9 Å². The molecule has 3 aromatic rings. The minimum absolute atomic E-state index is 0.350. The molecule has 0 bridgehead atoms. The van der Waals surface area contributed by atoms with Crippen molar-refractivity contribution in [2.75, 3.05) is 16.0 Å². The Morgan fingerprint density at radius 3 is 2.43 bits per heavy atom. The quantitative estimate of drug-likeness (QED) is 0.646. The average molecular weight is 306 g/mol. The molecule has 0 atom stereocenters. The summed E-state index contributed by atoms with van der Waals surface area (Å²) in [4.78, 5) is 26.7. The second-order valence-corrected chi connectivity index (χ2v) is 4.79. The zero-order chi connectivity index (χ0) is 16.1. The van der Waals surface area contributed by atoms with Crippen LogP contribution in [0.25, 0.3) is 10.9 Å². The molecule has 2 aromatic carbocycles. The number of nitrogens with one attached hydrogen (secondary N) is 3. The van der Waals surface area contributed by atoms with Gasteiger partial charge in [-0.1, -0.05) is 18.2 Å². The second kappa shape index (κ2) is 6.57. The van der Waals surface area contributed by atoms with Crippen molar-refractivity contribution < 1.29 is 9.59 Å². The van der Waals surface area contributed by atoms with Crippen LogP contribution in [0.5, 0.6) is 0 Å². The highest BCUT2D eigenvalue weighted by Crippen LogP contribution is 2.21. The van der Waals surface area contributed by atoms with Gasteiger partial charge in [0.25, 0.3) is 0 Å². The minimum atomic E-state index is -0.350. The van der Waals surface area contributed by atoms with E-state index < -0.39 is 0 Å². The van der Waals surface area contributed by atoms with Gasteiger partial charge in [-0.15, -0.1) is 0 Å². The van der Waals surface area contributed by atoms with E-state index in [1.54, 1.807) is 36.5 Å². The number of rotatable bonds is 4. The van der Waals surface area contributed by atoms with Crippen LogP contribution in [0.4, 0.5) is 21.9 Å². The number of pyridine rings is 1. The van der Waals surface area contributed by atoms with E-state index in [0.29, 0.717) is 23.5 Å². The Labute approximate surface area is 132 Å². The Bertz CT molecular complexity index is 841. The van der Waals surface area contributed by atoms with Crippen LogP contribution < -0.4 is 16.0 Å². The van der Waals surface area contributed by atoms with E-state index in [4.69, 9.17) is 0 Å². The summed E-state index contributed by atoms with van der Waals surface area (Å²) in [6.45, 7) is 0. The van der Waals surface area contributed by atoms with Crippen molar-refractivity contribution in [2.45, 2.75) is 0 Å². The summed E-state index contributed by atoms with van der Waals surface area (Å²) in [5.41, 5.74) is 2.78. The number of nitrogens with zero attached hydrogens (tertiary/aromatic N) is 1. The predicted molar refractivity (Wildman–Crippen MR) is 90.5 cm³/mol. The Kier molecular flexibility index (Phi) is 4.15. The van der Waals surface area contributed by atoms with Gasteiger partial charge in [-0.25, -0.2) is 4.79 Å². The van der Waals surface area contributed by atoms with Gasteiger partial charge in [0.15, 0.2) is 0 Å². The fourth-order valence-corrected chi connectivity index (χ4v) is 2.21. The summed E-state index contributed by atoms with van der Waals surface area (Å²) in [7, 11) is 0. The normalized spacial score (nSPS) is 10.1. The van der Waals surface area contributed by atoms with Gasteiger partial charge in [-0.2, -0.15) is 0 Å². The smallest absolute Gasteiger partial charge is 0.323 e. The standard InChI is InChI=1S/C17H14N4O2/c22-11-19-12-5-7-13(8-6-12)20-17(23)21-16-9-10-18-15-4-2-1-3-14(15)16/h1-11H,(H,19,22)(H2,18,20,21,23). The highest BCUT2D eigenvalue weighted by molar-refractivity contribution is 6.05. The zero-order valence-corrected chi connectivity index (χ0v) is 12.1. The maximum absolute atomic E-state index is 12.1. The fourth-order valence-electron chi connectivity index (χ4n) is 2.21. The van der Waals surface area contributed by atoms with Crippen LogP contribution in [-0.4, -0.2) is 17.4 Å². The summed E-state index contributed by atoms with van der Waals surface area (Å²) in [6, 6.07) is 15.8. The molecule has 0 aliphatic carbocycles. The first-order chi connectivity index (χ1) is 11.3. The molecule has 0 unspecified atom stereocenters. The monoisotopic (exact) mass is 306 g/mol. The Balaban J connectivity index is 1.72. The Morgan fingerprint density at radius 2 is 1.65 bits per heavy atom. The molecular weight excluding hydrogens is 292 g/mol. The minimum Gasteiger partial charge on any atom is -0.329 e. The summed E-state index contributed by atoms with van der Waals surface area (Å²) in [6.07, 6.45) is 2.25. The van der Waals surface area contributed by atoms with Crippen LogP contribution in [0, 0.1) is 0 Å². The van der Waals surface area contributed by atoms with Crippen LogP contribution in [-0.2, 0) is 4.79 Å². The first-order valence-electron chi connectivity index (χ1n) is 6.98. The number of hydrogen-bond acceptors (Lipinski definition) is 3. The molecule has 3 rings (SSSR count). The molecule has 3 N–H and O–H groups in total. The van der Waals surface area contributed by atoms with Crippen LogP contribution in [0.15, 0.2) is 60.8 Å². The van der Waals surface area contributed by atoms with Gasteiger partial charge in [0.2, 0.25) is 6.41 Å². The van der Waals surface area contributed by atoms with Crippen LogP contribution >= 0.6 is 0 Å². The van der Waals surface area contributed by atoms with Crippen LogP contribution in [0.2, 0.25) is 0 Å². The lowest BCUT2D eigenvalue weighted by Gasteiger charge is -2.10. The fraction of sp³-hybridized carbons (Fsp3) is 0. The van der Waals surface area contributed by atoms with Crippen molar-refractivity contribution in [2.24, 2.45) is 0 Å². The molecule has 0 fully saturated rings. The van der Waals surface area contributed by atoms with Gasteiger partial charge in [0, 0.05) is 23.0 Å². The van der Waals surface area contributed by atoms with Crippen molar-refractivity contribution in [3.05, 3.63) is 60.8 Å². The molecule has 0 aliphatic heterocycles. The van der Waals surface area contributed by atoms with Crippen molar-refractivity contribution in [3.63, 3.8) is 0 Å². The molecule has 0 radical (unpaired) electrons. The Morgan fingerprint density at radius 1 is 0.913 bits per heavy atom. The summed E-state index contributed by atoms with van der Waals surface area (Å²) in [5, 5.41) is 8.95. The van der Waals surface area contributed by atoms with Gasteiger partial charge in [-0.05, 0) is 36.4 Å². The molecule has 6 nitrogen and oxygen atoms in total. The van der Waals surface area contributed by atoms with Gasteiger partial charge in [-0.3, -0.25) is 9.78 Å². The molecule has 1 heterocycles. The molecule has 0 aliphatic rings. The first-order valence-corrected chi connectivity index (χ1v) is 6.98. The summed E-state index contributed by atoms with van der Waals surface area (Å²) >= 11 is 0. The van der Waals surface area contributed by atoms with Crippen molar-refractivity contribution in [1.82, 2.24) is 4.98 Å². The van der Waals surface area contributed by atoms with E-state index in [-0.39, 0.29) is 6.03 Å². The SMILES string of the molecule is O=CNc1ccc(NC(=O)Nc2ccnc3ccccc23)cc1. The zero-order valence-electron chi connectivity index (χ0n) is 12.1. The van der Waals surface area contributed by atoms with E-state index in [1.165, 1.54) is 0 Å². The van der Waals surface area contributed by atoms with Gasteiger partial charge in [0.05, 0.1) is 11.2 Å². The van der Waals surface area contributed by atoms with Crippen LogP contribution in [0.1, 0.15) is 0 Å². The largest absolute Gasteiger partial charge is 0.329 e. The van der Waals surface area contributed by atoms with E-state index in [2.05, 4.69) is 20.9 Å². The third-order valence-corrected chi connectivity index (χ3v) is 3.27. The van der Waals surface area contributed by atoms with E-state index in [1.807, 2.05) is 24.3 Å². The number of anilines is 3. The summed E-state index contributed by atoms with van der Waals surface area (Å²) < 4.78 is 0. The lowest BCUT2D eigenvalue weighted by Crippen LogP contribution is -2.19. The lowest BCUT2D eigenvalue weighted by atomic mass is 10.2. The third-order valence-electron chi connectivity index (χ3n) is 3.27. The molecule has 0 spiro atoms. The van der Waals surface area contributed by atoms with Gasteiger partial charge < -0.3 is 16.0 Å². The van der Waals surface area contributed by atoms with Crippen LogP contribution in [0.3, 0.4) is 0 Å².